The minimum Gasteiger partial charge on any atom is -0.347 e. The Balaban J connectivity index is 1.56. The number of amides is 1. The van der Waals surface area contributed by atoms with E-state index >= 15 is 0 Å². The molecule has 6 nitrogen and oxygen atoms in total. The fourth-order valence-electron chi connectivity index (χ4n) is 2.74. The van der Waals surface area contributed by atoms with Crippen molar-refractivity contribution in [2.24, 2.45) is 0 Å². The van der Waals surface area contributed by atoms with Crippen molar-refractivity contribution >= 4 is 27.3 Å². The number of nitrogens with zero attached hydrogens (tertiary/aromatic N) is 1. The van der Waals surface area contributed by atoms with Crippen molar-refractivity contribution in [1.82, 2.24) is 15.0 Å². The Kier molecular flexibility index (Phi) is 6.79. The molecular formula is C21H23N3O3S2. The number of carbonyl (C=O) groups excluding carboxylic acids is 1. The predicted molar refractivity (Wildman–Crippen MR) is 116 cm³/mol. The van der Waals surface area contributed by atoms with Crippen LogP contribution in [-0.2, 0) is 22.3 Å². The third-order valence-corrected chi connectivity index (χ3v) is 6.59. The molecule has 0 aliphatic carbocycles. The summed E-state index contributed by atoms with van der Waals surface area (Å²) in [7, 11) is -3.35. The molecule has 3 aromatic rings. The SMILES string of the molecule is CC(C)NS(=O)(=O)Cc1ccc(CNC(=O)c2cnc(-c3ccccc3)s2)cc1. The molecule has 0 aliphatic rings. The van der Waals surface area contributed by atoms with Crippen molar-refractivity contribution in [1.29, 1.82) is 0 Å². The first kappa shape index (κ1) is 21.2. The highest BCUT2D eigenvalue weighted by Crippen LogP contribution is 2.24. The van der Waals surface area contributed by atoms with E-state index in [9.17, 15) is 13.2 Å². The number of benzene rings is 2. The molecule has 0 spiro atoms. The average molecular weight is 430 g/mol. The summed E-state index contributed by atoms with van der Waals surface area (Å²) in [6.45, 7) is 3.93. The predicted octanol–water partition coefficient (Wildman–Crippen LogP) is 3.57. The lowest BCUT2D eigenvalue weighted by Gasteiger charge is -2.10. The van der Waals surface area contributed by atoms with Crippen LogP contribution >= 0.6 is 11.3 Å². The molecule has 1 amide bonds. The highest BCUT2D eigenvalue weighted by Gasteiger charge is 2.14. The van der Waals surface area contributed by atoms with Crippen LogP contribution in [0.1, 0.15) is 34.6 Å². The number of thiazole rings is 1. The van der Waals surface area contributed by atoms with Gasteiger partial charge in [0.15, 0.2) is 0 Å². The van der Waals surface area contributed by atoms with Crippen LogP contribution in [-0.4, -0.2) is 25.4 Å². The number of sulfonamides is 1. The Bertz CT molecular complexity index is 1060. The van der Waals surface area contributed by atoms with E-state index in [0.717, 1.165) is 16.1 Å². The minimum absolute atomic E-state index is 0.0685. The van der Waals surface area contributed by atoms with Crippen LogP contribution in [0.5, 0.6) is 0 Å². The van der Waals surface area contributed by atoms with Crippen LogP contribution in [0.4, 0.5) is 0 Å². The van der Waals surface area contributed by atoms with Gasteiger partial charge in [-0.25, -0.2) is 18.1 Å². The van der Waals surface area contributed by atoms with Gasteiger partial charge in [0.1, 0.15) is 9.88 Å². The standard InChI is InChI=1S/C21H23N3O3S2/c1-15(2)24-29(26,27)14-17-10-8-16(9-11-17)12-22-20(25)19-13-23-21(28-19)18-6-4-3-5-7-18/h3-11,13,15,24H,12,14H2,1-2H3,(H,22,25). The average Bonchev–Trinajstić information content (AvgIpc) is 3.17. The van der Waals surface area contributed by atoms with E-state index in [2.05, 4.69) is 15.0 Å². The van der Waals surface area contributed by atoms with Gasteiger partial charge in [0.05, 0.1) is 11.9 Å². The van der Waals surface area contributed by atoms with Crippen molar-refractivity contribution in [2.75, 3.05) is 0 Å². The molecule has 0 saturated carbocycles. The molecule has 3 rings (SSSR count). The van der Waals surface area contributed by atoms with Crippen molar-refractivity contribution in [3.8, 4) is 10.6 Å². The minimum atomic E-state index is -3.35. The maximum absolute atomic E-state index is 12.4. The topological polar surface area (TPSA) is 88.2 Å². The van der Waals surface area contributed by atoms with Crippen LogP contribution in [0.2, 0.25) is 0 Å². The molecule has 2 aromatic carbocycles. The Labute approximate surface area is 175 Å². The highest BCUT2D eigenvalue weighted by molar-refractivity contribution is 7.88. The summed E-state index contributed by atoms with van der Waals surface area (Å²) in [6.07, 6.45) is 1.58. The molecule has 0 unspecified atom stereocenters. The van der Waals surface area contributed by atoms with Crippen molar-refractivity contribution in [3.63, 3.8) is 0 Å². The summed E-state index contributed by atoms with van der Waals surface area (Å²) < 4.78 is 26.6. The summed E-state index contributed by atoms with van der Waals surface area (Å²) in [5.41, 5.74) is 2.57. The lowest BCUT2D eigenvalue weighted by molar-refractivity contribution is 0.0954. The molecule has 0 atom stereocenters. The molecule has 0 fully saturated rings. The van der Waals surface area contributed by atoms with Crippen LogP contribution in [0.25, 0.3) is 10.6 Å². The molecule has 0 bridgehead atoms. The molecule has 152 valence electrons. The van der Waals surface area contributed by atoms with Gasteiger partial charge in [0, 0.05) is 18.2 Å². The van der Waals surface area contributed by atoms with Crippen LogP contribution in [0.15, 0.2) is 60.8 Å². The Hall–Kier alpha value is -2.55. The quantitative estimate of drug-likeness (QED) is 0.573. The monoisotopic (exact) mass is 429 g/mol. The first-order valence-electron chi connectivity index (χ1n) is 9.20. The second-order valence-corrected chi connectivity index (χ2v) is 9.71. The zero-order valence-electron chi connectivity index (χ0n) is 16.3. The van der Waals surface area contributed by atoms with Gasteiger partial charge in [-0.15, -0.1) is 11.3 Å². The van der Waals surface area contributed by atoms with Gasteiger partial charge in [0.25, 0.3) is 5.91 Å². The fraction of sp³-hybridized carbons (Fsp3) is 0.238. The smallest absolute Gasteiger partial charge is 0.263 e. The van der Waals surface area contributed by atoms with E-state index in [-0.39, 0.29) is 17.7 Å². The van der Waals surface area contributed by atoms with Crippen molar-refractivity contribution < 1.29 is 13.2 Å². The Morgan fingerprint density at radius 1 is 1.03 bits per heavy atom. The number of aromatic nitrogens is 1. The third-order valence-electron chi connectivity index (χ3n) is 4.00. The first-order valence-corrected chi connectivity index (χ1v) is 11.7. The zero-order chi connectivity index (χ0) is 20.9. The van der Waals surface area contributed by atoms with Gasteiger partial charge < -0.3 is 5.32 Å². The Morgan fingerprint density at radius 2 is 1.69 bits per heavy atom. The molecule has 0 saturated heterocycles. The van der Waals surface area contributed by atoms with Crippen LogP contribution in [0, 0.1) is 0 Å². The summed E-state index contributed by atoms with van der Waals surface area (Å²) in [4.78, 5) is 17.3. The second kappa shape index (κ2) is 9.30. The molecule has 0 aliphatic heterocycles. The summed E-state index contributed by atoms with van der Waals surface area (Å²) >= 11 is 1.35. The van der Waals surface area contributed by atoms with Gasteiger partial charge in [-0.2, -0.15) is 0 Å². The van der Waals surface area contributed by atoms with E-state index in [1.54, 1.807) is 32.2 Å². The maximum atomic E-state index is 12.4. The van der Waals surface area contributed by atoms with Crippen molar-refractivity contribution in [2.45, 2.75) is 32.2 Å². The normalized spacial score (nSPS) is 11.6. The number of nitrogens with one attached hydrogen (secondary N) is 2. The number of carbonyl (C=O) groups is 1. The van der Waals surface area contributed by atoms with E-state index in [0.29, 0.717) is 17.0 Å². The molecule has 0 radical (unpaired) electrons. The van der Waals surface area contributed by atoms with E-state index in [4.69, 9.17) is 0 Å². The van der Waals surface area contributed by atoms with Gasteiger partial charge in [-0.1, -0.05) is 54.6 Å². The lowest BCUT2D eigenvalue weighted by Crippen LogP contribution is -2.31. The van der Waals surface area contributed by atoms with Crippen molar-refractivity contribution in [3.05, 3.63) is 76.8 Å². The molecule has 8 heteroatoms. The molecule has 1 heterocycles. The maximum Gasteiger partial charge on any atom is 0.263 e. The van der Waals surface area contributed by atoms with Gasteiger partial charge in [0.2, 0.25) is 10.0 Å². The highest BCUT2D eigenvalue weighted by atomic mass is 32.2. The summed E-state index contributed by atoms with van der Waals surface area (Å²) in [6, 6.07) is 16.8. The van der Waals surface area contributed by atoms with E-state index in [1.165, 1.54) is 11.3 Å². The molecule has 1 aromatic heterocycles. The number of hydrogen-bond donors (Lipinski definition) is 2. The van der Waals surface area contributed by atoms with Crippen LogP contribution < -0.4 is 10.0 Å². The lowest BCUT2D eigenvalue weighted by atomic mass is 10.1. The van der Waals surface area contributed by atoms with Gasteiger partial charge in [-0.05, 0) is 25.0 Å². The zero-order valence-corrected chi connectivity index (χ0v) is 17.9. The number of hydrogen-bond acceptors (Lipinski definition) is 5. The summed E-state index contributed by atoms with van der Waals surface area (Å²) in [5, 5.41) is 3.68. The first-order chi connectivity index (χ1) is 13.8. The number of rotatable bonds is 8. The van der Waals surface area contributed by atoms with Gasteiger partial charge >= 0.3 is 0 Å². The van der Waals surface area contributed by atoms with Crippen LogP contribution in [0.3, 0.4) is 0 Å². The molecule has 29 heavy (non-hydrogen) atoms. The van der Waals surface area contributed by atoms with E-state index in [1.807, 2.05) is 42.5 Å². The molecular weight excluding hydrogens is 406 g/mol. The van der Waals surface area contributed by atoms with Gasteiger partial charge in [-0.3, -0.25) is 4.79 Å². The second-order valence-electron chi connectivity index (χ2n) is 6.93. The largest absolute Gasteiger partial charge is 0.347 e. The fourth-order valence-corrected chi connectivity index (χ4v) is 5.01. The molecule has 2 N–H and O–H groups in total. The van der Waals surface area contributed by atoms with E-state index < -0.39 is 10.0 Å². The Morgan fingerprint density at radius 3 is 2.34 bits per heavy atom. The third kappa shape index (κ3) is 6.22. The summed E-state index contributed by atoms with van der Waals surface area (Å²) in [5.74, 6) is -0.251.